The Morgan fingerprint density at radius 3 is 3.06 bits per heavy atom. The number of alkyl halides is 1. The van der Waals surface area contributed by atoms with Crippen LogP contribution in [0.1, 0.15) is 26.0 Å². The topological polar surface area (TPSA) is 39.2 Å². The lowest BCUT2D eigenvalue weighted by molar-refractivity contribution is 0.0625. The Hall–Kier alpha value is -1.49. The standard InChI is InChI=1S/C13H18FN2O2/c1-10(2)18-13(17)16(9-14)8-4-5-11-12(16)6-3-7-15-11/h3,6-7,10H,4-5,8-9H2,1-2H3/q+1. The molecule has 0 bridgehead atoms. The number of hydrogen-bond acceptors (Lipinski definition) is 3. The van der Waals surface area contributed by atoms with Crippen molar-refractivity contribution in [2.75, 3.05) is 13.3 Å². The van der Waals surface area contributed by atoms with Crippen LogP contribution >= 0.6 is 0 Å². The highest BCUT2D eigenvalue weighted by Gasteiger charge is 2.45. The number of nitrogens with zero attached hydrogens (tertiary/aromatic N) is 2. The molecule has 1 amide bonds. The van der Waals surface area contributed by atoms with E-state index in [1.54, 1.807) is 32.2 Å². The van der Waals surface area contributed by atoms with E-state index in [2.05, 4.69) is 4.98 Å². The minimum atomic E-state index is -0.787. The number of pyridine rings is 1. The van der Waals surface area contributed by atoms with Gasteiger partial charge in [-0.25, -0.2) is 0 Å². The van der Waals surface area contributed by atoms with Crippen LogP contribution in [0, 0.1) is 0 Å². The molecule has 0 aromatic carbocycles. The summed E-state index contributed by atoms with van der Waals surface area (Å²) >= 11 is 0. The van der Waals surface area contributed by atoms with Crippen LogP contribution in [0.3, 0.4) is 0 Å². The molecule has 0 spiro atoms. The average Bonchev–Trinajstić information content (AvgIpc) is 2.37. The summed E-state index contributed by atoms with van der Waals surface area (Å²) in [6.07, 6.45) is 2.42. The summed E-state index contributed by atoms with van der Waals surface area (Å²) in [5.41, 5.74) is 1.43. The first kappa shape index (κ1) is 13.0. The highest BCUT2D eigenvalue weighted by atomic mass is 19.1. The predicted molar refractivity (Wildman–Crippen MR) is 66.8 cm³/mol. The normalized spacial score (nSPS) is 22.7. The number of hydrogen-bond donors (Lipinski definition) is 0. The van der Waals surface area contributed by atoms with Gasteiger partial charge in [0, 0.05) is 25.1 Å². The van der Waals surface area contributed by atoms with E-state index in [4.69, 9.17) is 4.74 Å². The molecule has 2 heterocycles. The Labute approximate surface area is 106 Å². The Kier molecular flexibility index (Phi) is 3.61. The van der Waals surface area contributed by atoms with Crippen LogP contribution in [0.15, 0.2) is 18.3 Å². The fourth-order valence-electron chi connectivity index (χ4n) is 2.31. The molecule has 1 aliphatic rings. The number of fused-ring (bicyclic) bond motifs is 1. The molecule has 1 aromatic rings. The Bertz CT molecular complexity index is 450. The number of ether oxygens (including phenoxy) is 1. The molecule has 5 heteroatoms. The van der Waals surface area contributed by atoms with E-state index in [-0.39, 0.29) is 10.6 Å². The van der Waals surface area contributed by atoms with Crippen molar-refractivity contribution in [1.82, 2.24) is 9.47 Å². The summed E-state index contributed by atoms with van der Waals surface area (Å²) in [6, 6.07) is 3.50. The molecule has 0 radical (unpaired) electrons. The van der Waals surface area contributed by atoms with E-state index in [1.807, 2.05) is 0 Å². The van der Waals surface area contributed by atoms with Gasteiger partial charge in [-0.2, -0.15) is 13.7 Å². The van der Waals surface area contributed by atoms with Gasteiger partial charge in [-0.1, -0.05) is 0 Å². The van der Waals surface area contributed by atoms with Crippen molar-refractivity contribution in [1.29, 1.82) is 0 Å². The zero-order valence-corrected chi connectivity index (χ0v) is 10.7. The van der Waals surface area contributed by atoms with Crippen molar-refractivity contribution in [2.45, 2.75) is 32.8 Å². The van der Waals surface area contributed by atoms with Gasteiger partial charge in [0.05, 0.1) is 6.54 Å². The maximum atomic E-state index is 13.6. The van der Waals surface area contributed by atoms with Crippen molar-refractivity contribution in [3.05, 3.63) is 24.0 Å². The van der Waals surface area contributed by atoms with Gasteiger partial charge < -0.3 is 4.74 Å². The summed E-state index contributed by atoms with van der Waals surface area (Å²) in [6.45, 7) is 3.17. The molecule has 2 rings (SSSR count). The summed E-state index contributed by atoms with van der Waals surface area (Å²) in [4.78, 5) is 16.4. The van der Waals surface area contributed by atoms with Gasteiger partial charge in [0.2, 0.25) is 6.80 Å². The molecule has 4 nitrogen and oxygen atoms in total. The fourth-order valence-corrected chi connectivity index (χ4v) is 2.31. The van der Waals surface area contributed by atoms with Gasteiger partial charge in [0.1, 0.15) is 11.8 Å². The average molecular weight is 253 g/mol. The summed E-state index contributed by atoms with van der Waals surface area (Å²) < 4.78 is 18.4. The van der Waals surface area contributed by atoms with Crippen LogP contribution in [-0.4, -0.2) is 30.5 Å². The van der Waals surface area contributed by atoms with Crippen LogP contribution in [0.25, 0.3) is 0 Å². The van der Waals surface area contributed by atoms with Crippen LogP contribution in [0.4, 0.5) is 14.9 Å². The number of aromatic nitrogens is 1. The van der Waals surface area contributed by atoms with Crippen molar-refractivity contribution in [2.24, 2.45) is 0 Å². The van der Waals surface area contributed by atoms with E-state index < -0.39 is 12.9 Å². The Balaban J connectivity index is 2.42. The van der Waals surface area contributed by atoms with Crippen LogP contribution in [0.2, 0.25) is 0 Å². The number of carbonyl (C=O) groups excluding carboxylic acids is 1. The highest BCUT2D eigenvalue weighted by molar-refractivity contribution is 5.83. The molecule has 0 aliphatic carbocycles. The van der Waals surface area contributed by atoms with Crippen molar-refractivity contribution >= 4 is 11.8 Å². The first-order chi connectivity index (χ1) is 8.60. The second-order valence-electron chi connectivity index (χ2n) is 4.82. The maximum Gasteiger partial charge on any atom is 0.523 e. The van der Waals surface area contributed by atoms with Crippen LogP contribution in [0.5, 0.6) is 0 Å². The third kappa shape index (κ3) is 2.10. The van der Waals surface area contributed by atoms with Gasteiger partial charge in [-0.15, -0.1) is 0 Å². The lowest BCUT2D eigenvalue weighted by Gasteiger charge is -2.35. The van der Waals surface area contributed by atoms with Crippen LogP contribution < -0.4 is 4.48 Å². The molecule has 1 aromatic heterocycles. The second kappa shape index (κ2) is 5.02. The van der Waals surface area contributed by atoms with Crippen molar-refractivity contribution < 1.29 is 13.9 Å². The zero-order valence-electron chi connectivity index (χ0n) is 10.7. The number of quaternary nitrogens is 1. The number of rotatable bonds is 2. The minimum absolute atomic E-state index is 0.249. The lowest BCUT2D eigenvalue weighted by Crippen LogP contribution is -2.57. The Morgan fingerprint density at radius 2 is 2.39 bits per heavy atom. The zero-order chi connectivity index (χ0) is 13.2. The largest absolute Gasteiger partial charge is 0.523 e. The maximum absolute atomic E-state index is 13.6. The third-order valence-electron chi connectivity index (χ3n) is 3.17. The first-order valence-electron chi connectivity index (χ1n) is 6.19. The minimum Gasteiger partial charge on any atom is -0.417 e. The van der Waals surface area contributed by atoms with E-state index in [0.29, 0.717) is 12.2 Å². The molecule has 1 aliphatic heterocycles. The molecule has 0 saturated heterocycles. The molecule has 18 heavy (non-hydrogen) atoms. The summed E-state index contributed by atoms with van der Waals surface area (Å²) in [7, 11) is 0. The SMILES string of the molecule is CC(C)OC(=O)[N+]1(CF)CCCc2ncccc21. The quantitative estimate of drug-likeness (QED) is 0.601. The van der Waals surface area contributed by atoms with E-state index in [1.165, 1.54) is 0 Å². The van der Waals surface area contributed by atoms with Gasteiger partial charge in [-0.3, -0.25) is 4.98 Å². The summed E-state index contributed by atoms with van der Waals surface area (Å²) in [5.74, 6) is 0. The van der Waals surface area contributed by atoms with Gasteiger partial charge >= 0.3 is 6.09 Å². The summed E-state index contributed by atoms with van der Waals surface area (Å²) in [5, 5.41) is 0. The van der Waals surface area contributed by atoms with Gasteiger partial charge in [-0.05, 0) is 19.9 Å². The molecule has 1 atom stereocenters. The smallest absolute Gasteiger partial charge is 0.417 e. The number of aryl methyl sites for hydroxylation is 1. The van der Waals surface area contributed by atoms with Gasteiger partial charge in [0.25, 0.3) is 0 Å². The predicted octanol–water partition coefficient (Wildman–Crippen LogP) is 2.81. The number of carbonyl (C=O) groups is 1. The second-order valence-corrected chi connectivity index (χ2v) is 4.82. The van der Waals surface area contributed by atoms with Crippen molar-refractivity contribution in [3.63, 3.8) is 0 Å². The number of halogens is 1. The molecule has 0 fully saturated rings. The fraction of sp³-hybridized carbons (Fsp3) is 0.538. The molecule has 0 N–H and O–H groups in total. The number of amides is 1. The molecule has 98 valence electrons. The molecule has 0 saturated carbocycles. The highest BCUT2D eigenvalue weighted by Crippen LogP contribution is 2.33. The first-order valence-corrected chi connectivity index (χ1v) is 6.19. The van der Waals surface area contributed by atoms with Crippen LogP contribution in [-0.2, 0) is 11.2 Å². The lowest BCUT2D eigenvalue weighted by atomic mass is 10.1. The molecular weight excluding hydrogens is 235 g/mol. The molecule has 1 unspecified atom stereocenters. The monoisotopic (exact) mass is 253 g/mol. The van der Waals surface area contributed by atoms with Crippen molar-refractivity contribution in [3.8, 4) is 0 Å². The van der Waals surface area contributed by atoms with Gasteiger partial charge in [0.15, 0.2) is 5.69 Å². The Morgan fingerprint density at radius 1 is 1.61 bits per heavy atom. The van der Waals surface area contributed by atoms with E-state index >= 15 is 0 Å². The molecular formula is C13H18FN2O2+. The van der Waals surface area contributed by atoms with E-state index in [9.17, 15) is 9.18 Å². The third-order valence-corrected chi connectivity index (χ3v) is 3.17. The van der Waals surface area contributed by atoms with E-state index in [0.717, 1.165) is 18.5 Å².